The van der Waals surface area contributed by atoms with Gasteiger partial charge in [-0.2, -0.15) is 0 Å². The molecular weight excluding hydrogens is 276 g/mol. The summed E-state index contributed by atoms with van der Waals surface area (Å²) in [5, 5.41) is 0. The van der Waals surface area contributed by atoms with Crippen molar-refractivity contribution >= 4 is 23.3 Å². The molecule has 1 aliphatic heterocycles. The molecule has 22 heavy (non-hydrogen) atoms. The van der Waals surface area contributed by atoms with Crippen LogP contribution >= 0.6 is 0 Å². The van der Waals surface area contributed by atoms with Gasteiger partial charge in [0.05, 0.1) is 6.57 Å². The molecule has 0 radical (unpaired) electrons. The van der Waals surface area contributed by atoms with Crippen LogP contribution in [0.2, 0.25) is 0 Å². The molecule has 0 saturated heterocycles. The van der Waals surface area contributed by atoms with Crippen LogP contribution in [0.25, 0.3) is 16.5 Å². The Morgan fingerprint density at radius 2 is 1.73 bits per heavy atom. The SMILES string of the molecule is [C-]#[N+]C1=C(c2ccccc2)C(=Cc2ccc(N)cc2)OC1=O. The average molecular weight is 288 g/mol. The first kappa shape index (κ1) is 13.7. The Kier molecular flexibility index (Phi) is 3.47. The van der Waals surface area contributed by atoms with E-state index in [0.717, 1.165) is 11.1 Å². The highest BCUT2D eigenvalue weighted by Crippen LogP contribution is 2.36. The fourth-order valence-corrected chi connectivity index (χ4v) is 2.25. The molecule has 0 saturated carbocycles. The number of nitrogens with zero attached hydrogens (tertiary/aromatic N) is 1. The number of esters is 1. The van der Waals surface area contributed by atoms with Crippen LogP contribution in [0.1, 0.15) is 11.1 Å². The monoisotopic (exact) mass is 288 g/mol. The van der Waals surface area contributed by atoms with Crippen LogP contribution in [0.5, 0.6) is 0 Å². The number of carbonyl (C=O) groups is 1. The van der Waals surface area contributed by atoms with Crippen molar-refractivity contribution in [1.29, 1.82) is 0 Å². The number of cyclic esters (lactones) is 1. The molecule has 2 aromatic carbocycles. The van der Waals surface area contributed by atoms with Gasteiger partial charge in [-0.25, -0.2) is 4.85 Å². The van der Waals surface area contributed by atoms with Crippen molar-refractivity contribution in [2.24, 2.45) is 0 Å². The summed E-state index contributed by atoms with van der Waals surface area (Å²) in [6.07, 6.45) is 1.73. The predicted molar refractivity (Wildman–Crippen MR) is 84.9 cm³/mol. The number of anilines is 1. The summed E-state index contributed by atoms with van der Waals surface area (Å²) in [4.78, 5) is 15.2. The van der Waals surface area contributed by atoms with E-state index >= 15 is 0 Å². The lowest BCUT2D eigenvalue weighted by molar-refractivity contribution is -0.132. The van der Waals surface area contributed by atoms with E-state index in [4.69, 9.17) is 17.0 Å². The van der Waals surface area contributed by atoms with Crippen molar-refractivity contribution in [1.82, 2.24) is 0 Å². The zero-order valence-electron chi connectivity index (χ0n) is 11.6. The smallest absolute Gasteiger partial charge is 0.342 e. The second kappa shape index (κ2) is 5.58. The largest absolute Gasteiger partial charge is 0.432 e. The first-order chi connectivity index (χ1) is 10.7. The van der Waals surface area contributed by atoms with Crippen molar-refractivity contribution in [2.45, 2.75) is 0 Å². The van der Waals surface area contributed by atoms with Gasteiger partial charge in [-0.05, 0) is 29.3 Å². The molecule has 0 unspecified atom stereocenters. The van der Waals surface area contributed by atoms with E-state index in [-0.39, 0.29) is 5.70 Å². The molecule has 0 aliphatic carbocycles. The fraction of sp³-hybridized carbons (Fsp3) is 0. The Morgan fingerprint density at radius 1 is 1.05 bits per heavy atom. The minimum atomic E-state index is -0.615. The minimum absolute atomic E-state index is 0.00731. The molecule has 0 fully saturated rings. The number of hydrogen-bond acceptors (Lipinski definition) is 3. The molecule has 0 atom stereocenters. The van der Waals surface area contributed by atoms with E-state index < -0.39 is 5.97 Å². The Labute approximate surface area is 128 Å². The lowest BCUT2D eigenvalue weighted by Gasteiger charge is -2.05. The summed E-state index contributed by atoms with van der Waals surface area (Å²) in [6.45, 7) is 7.23. The highest BCUT2D eigenvalue weighted by Gasteiger charge is 2.31. The summed E-state index contributed by atoms with van der Waals surface area (Å²) < 4.78 is 5.27. The number of nitrogen functional groups attached to an aromatic ring is 1. The van der Waals surface area contributed by atoms with Gasteiger partial charge in [0, 0.05) is 11.3 Å². The lowest BCUT2D eigenvalue weighted by atomic mass is 10.0. The number of ether oxygens (including phenoxy) is 1. The third kappa shape index (κ3) is 2.48. The third-order valence-electron chi connectivity index (χ3n) is 3.29. The van der Waals surface area contributed by atoms with Crippen molar-refractivity contribution in [3.05, 3.63) is 88.6 Å². The average Bonchev–Trinajstić information content (AvgIpc) is 2.85. The van der Waals surface area contributed by atoms with Crippen LogP contribution in [0, 0.1) is 6.57 Å². The molecule has 1 aliphatic rings. The number of benzene rings is 2. The van der Waals surface area contributed by atoms with E-state index in [9.17, 15) is 4.79 Å². The quantitative estimate of drug-likeness (QED) is 0.523. The summed E-state index contributed by atoms with van der Waals surface area (Å²) >= 11 is 0. The zero-order valence-corrected chi connectivity index (χ0v) is 11.6. The van der Waals surface area contributed by atoms with E-state index in [1.165, 1.54) is 0 Å². The fourth-order valence-electron chi connectivity index (χ4n) is 2.25. The first-order valence-corrected chi connectivity index (χ1v) is 6.66. The highest BCUT2D eigenvalue weighted by atomic mass is 16.5. The van der Waals surface area contributed by atoms with Gasteiger partial charge >= 0.3 is 5.97 Å². The van der Waals surface area contributed by atoms with Crippen LogP contribution in [0.4, 0.5) is 5.69 Å². The topological polar surface area (TPSA) is 56.7 Å². The maximum Gasteiger partial charge on any atom is 0.342 e. The standard InChI is InChI=1S/C18H12N2O2/c1-20-17-16(13-5-3-2-4-6-13)15(22-18(17)21)11-12-7-9-14(19)10-8-12/h2-11H,19H2. The summed E-state index contributed by atoms with van der Waals surface area (Å²) in [7, 11) is 0. The summed E-state index contributed by atoms with van der Waals surface area (Å²) in [5.41, 5.74) is 8.48. The van der Waals surface area contributed by atoms with E-state index in [1.54, 1.807) is 18.2 Å². The first-order valence-electron chi connectivity index (χ1n) is 6.66. The number of carbonyl (C=O) groups excluding carboxylic acids is 1. The maximum absolute atomic E-state index is 11.9. The van der Waals surface area contributed by atoms with Gasteiger partial charge < -0.3 is 10.5 Å². The molecule has 4 heteroatoms. The normalized spacial score (nSPS) is 15.8. The van der Waals surface area contributed by atoms with Crippen molar-refractivity contribution in [3.8, 4) is 0 Å². The molecule has 3 rings (SSSR count). The Bertz CT molecular complexity index is 826. The Balaban J connectivity index is 2.12. The highest BCUT2D eigenvalue weighted by molar-refractivity contribution is 6.09. The van der Waals surface area contributed by atoms with Gasteiger partial charge in [0.2, 0.25) is 0 Å². The van der Waals surface area contributed by atoms with Gasteiger partial charge in [0.25, 0.3) is 5.70 Å². The maximum atomic E-state index is 11.9. The minimum Gasteiger partial charge on any atom is -0.432 e. The molecular formula is C18H12N2O2. The van der Waals surface area contributed by atoms with Gasteiger partial charge in [-0.15, -0.1) is 0 Å². The molecule has 0 aromatic heterocycles. The molecule has 4 nitrogen and oxygen atoms in total. The van der Waals surface area contributed by atoms with Gasteiger partial charge in [0.15, 0.2) is 0 Å². The number of hydrogen-bond donors (Lipinski definition) is 1. The van der Waals surface area contributed by atoms with Crippen LogP contribution in [0.3, 0.4) is 0 Å². The van der Waals surface area contributed by atoms with Crippen LogP contribution < -0.4 is 5.73 Å². The van der Waals surface area contributed by atoms with Crippen molar-refractivity contribution in [2.75, 3.05) is 5.73 Å². The zero-order chi connectivity index (χ0) is 15.5. The molecule has 0 spiro atoms. The lowest BCUT2D eigenvalue weighted by Crippen LogP contribution is -1.94. The van der Waals surface area contributed by atoms with Crippen molar-refractivity contribution < 1.29 is 9.53 Å². The van der Waals surface area contributed by atoms with Gasteiger partial charge in [0.1, 0.15) is 5.76 Å². The Hall–Kier alpha value is -3.32. The van der Waals surface area contributed by atoms with E-state index in [0.29, 0.717) is 17.0 Å². The van der Waals surface area contributed by atoms with Gasteiger partial charge in [-0.3, -0.25) is 4.79 Å². The van der Waals surface area contributed by atoms with Gasteiger partial charge in [-0.1, -0.05) is 42.5 Å². The second-order valence-electron chi connectivity index (χ2n) is 4.77. The van der Waals surface area contributed by atoms with E-state index in [2.05, 4.69) is 4.85 Å². The third-order valence-corrected chi connectivity index (χ3v) is 3.29. The van der Waals surface area contributed by atoms with Crippen LogP contribution in [0.15, 0.2) is 66.1 Å². The molecule has 2 aromatic rings. The number of rotatable bonds is 2. The second-order valence-corrected chi connectivity index (χ2v) is 4.77. The predicted octanol–water partition coefficient (Wildman–Crippen LogP) is 3.50. The number of nitrogens with two attached hydrogens (primary N) is 1. The summed E-state index contributed by atoms with van der Waals surface area (Å²) in [5.74, 6) is -0.234. The molecule has 2 N–H and O–H groups in total. The molecule has 106 valence electrons. The molecule has 0 amide bonds. The van der Waals surface area contributed by atoms with Crippen molar-refractivity contribution in [3.63, 3.8) is 0 Å². The van der Waals surface area contributed by atoms with Crippen LogP contribution in [-0.4, -0.2) is 5.97 Å². The van der Waals surface area contributed by atoms with E-state index in [1.807, 2.05) is 42.5 Å². The van der Waals surface area contributed by atoms with Crippen LogP contribution in [-0.2, 0) is 9.53 Å². The molecule has 0 bridgehead atoms. The number of allylic oxidation sites excluding steroid dienone is 1. The Morgan fingerprint density at radius 3 is 2.36 bits per heavy atom. The summed E-state index contributed by atoms with van der Waals surface area (Å²) in [6, 6.07) is 16.5. The molecule has 1 heterocycles.